The monoisotopic (exact) mass is 254 g/mol. The molecule has 1 heterocycles. The molecule has 0 aromatic carbocycles. The van der Waals surface area contributed by atoms with E-state index in [-0.39, 0.29) is 24.4 Å². The van der Waals surface area contributed by atoms with Crippen molar-refractivity contribution in [2.45, 2.75) is 6.04 Å². The Bertz CT molecular complexity index is 317. The summed E-state index contributed by atoms with van der Waals surface area (Å²) in [4.78, 5) is 27.1. The summed E-state index contributed by atoms with van der Waals surface area (Å²) in [7, 11) is 3.46. The van der Waals surface area contributed by atoms with Gasteiger partial charge in [-0.1, -0.05) is 6.08 Å². The highest BCUT2D eigenvalue weighted by atomic mass is 16.2. The van der Waals surface area contributed by atoms with Gasteiger partial charge in [-0.3, -0.25) is 14.5 Å². The maximum atomic E-state index is 12.0. The molecule has 1 saturated heterocycles. The second-order valence-electron chi connectivity index (χ2n) is 4.52. The van der Waals surface area contributed by atoms with E-state index < -0.39 is 0 Å². The van der Waals surface area contributed by atoms with Gasteiger partial charge in [0, 0.05) is 40.3 Å². The fraction of sp³-hybridized carbons (Fsp3) is 0.667. The lowest BCUT2D eigenvalue weighted by molar-refractivity contribution is -0.136. The molecule has 1 aliphatic heterocycles. The Kier molecular flexibility index (Phi) is 5.80. The van der Waals surface area contributed by atoms with E-state index in [0.717, 1.165) is 6.54 Å². The maximum absolute atomic E-state index is 12.0. The van der Waals surface area contributed by atoms with Crippen molar-refractivity contribution >= 4 is 11.8 Å². The minimum atomic E-state index is -0.261. The summed E-state index contributed by atoms with van der Waals surface area (Å²) in [5, 5.41) is 5.90. The van der Waals surface area contributed by atoms with E-state index in [2.05, 4.69) is 17.2 Å². The lowest BCUT2D eigenvalue weighted by Crippen LogP contribution is -2.59. The molecule has 1 fully saturated rings. The van der Waals surface area contributed by atoms with Gasteiger partial charge in [-0.25, -0.2) is 0 Å². The summed E-state index contributed by atoms with van der Waals surface area (Å²) in [6, 6.07) is -0.261. The van der Waals surface area contributed by atoms with E-state index in [1.165, 1.54) is 0 Å². The van der Waals surface area contributed by atoms with Crippen LogP contribution in [0.4, 0.5) is 0 Å². The minimum absolute atomic E-state index is 0.0266. The summed E-state index contributed by atoms with van der Waals surface area (Å²) < 4.78 is 0. The van der Waals surface area contributed by atoms with Crippen molar-refractivity contribution in [3.05, 3.63) is 12.7 Å². The van der Waals surface area contributed by atoms with Gasteiger partial charge in [-0.15, -0.1) is 6.58 Å². The Labute approximate surface area is 108 Å². The number of carbonyl (C=O) groups excluding carboxylic acids is 2. The molecule has 6 nitrogen and oxygen atoms in total. The van der Waals surface area contributed by atoms with E-state index in [4.69, 9.17) is 0 Å². The highest BCUT2D eigenvalue weighted by Crippen LogP contribution is 2.05. The topological polar surface area (TPSA) is 64.7 Å². The van der Waals surface area contributed by atoms with Crippen molar-refractivity contribution in [2.75, 3.05) is 46.8 Å². The molecule has 1 atom stereocenters. The fourth-order valence-corrected chi connectivity index (χ4v) is 1.90. The van der Waals surface area contributed by atoms with Crippen LogP contribution in [0.1, 0.15) is 0 Å². The Morgan fingerprint density at radius 2 is 2.28 bits per heavy atom. The first kappa shape index (κ1) is 14.7. The van der Waals surface area contributed by atoms with Crippen LogP contribution in [0.15, 0.2) is 12.7 Å². The molecule has 0 bridgehead atoms. The number of hydrogen-bond acceptors (Lipinski definition) is 4. The molecule has 2 amide bonds. The second-order valence-corrected chi connectivity index (χ2v) is 4.52. The van der Waals surface area contributed by atoms with Gasteiger partial charge >= 0.3 is 0 Å². The zero-order valence-corrected chi connectivity index (χ0v) is 11.1. The fourth-order valence-electron chi connectivity index (χ4n) is 1.90. The predicted octanol–water partition coefficient (Wildman–Crippen LogP) is -1.35. The lowest BCUT2D eigenvalue weighted by Gasteiger charge is -2.35. The Balaban J connectivity index is 2.56. The van der Waals surface area contributed by atoms with Gasteiger partial charge in [0.25, 0.3) is 0 Å². The first-order chi connectivity index (χ1) is 8.56. The number of likely N-dealkylation sites (N-methyl/N-ethyl adjacent to an activating group) is 1. The van der Waals surface area contributed by atoms with E-state index in [1.54, 1.807) is 25.1 Å². The van der Waals surface area contributed by atoms with Crippen molar-refractivity contribution in [3.63, 3.8) is 0 Å². The lowest BCUT2D eigenvalue weighted by atomic mass is 10.1. The standard InChI is InChI=1S/C12H22N4O2/c1-4-5-14-11(17)9-16-7-6-13-8-10(16)12(18)15(2)3/h4,10,13H,1,5-9H2,2-3H3,(H,14,17). The number of nitrogens with zero attached hydrogens (tertiary/aromatic N) is 2. The van der Waals surface area contributed by atoms with Crippen molar-refractivity contribution in [2.24, 2.45) is 0 Å². The molecule has 1 aliphatic rings. The summed E-state index contributed by atoms with van der Waals surface area (Å²) in [6.07, 6.45) is 1.64. The third-order valence-corrected chi connectivity index (χ3v) is 2.87. The average molecular weight is 254 g/mol. The van der Waals surface area contributed by atoms with Crippen molar-refractivity contribution in [1.82, 2.24) is 20.4 Å². The first-order valence-electron chi connectivity index (χ1n) is 6.09. The molecule has 0 aromatic heterocycles. The van der Waals surface area contributed by atoms with E-state index in [1.807, 2.05) is 4.90 Å². The Hall–Kier alpha value is -1.40. The summed E-state index contributed by atoms with van der Waals surface area (Å²) >= 11 is 0. The number of hydrogen-bond donors (Lipinski definition) is 2. The van der Waals surface area contributed by atoms with Crippen molar-refractivity contribution in [3.8, 4) is 0 Å². The third-order valence-electron chi connectivity index (χ3n) is 2.87. The SMILES string of the molecule is C=CCNC(=O)CN1CCNCC1C(=O)N(C)C. The number of rotatable bonds is 5. The van der Waals surface area contributed by atoms with E-state index in [9.17, 15) is 9.59 Å². The van der Waals surface area contributed by atoms with Gasteiger partial charge in [0.2, 0.25) is 11.8 Å². The highest BCUT2D eigenvalue weighted by Gasteiger charge is 2.30. The summed E-state index contributed by atoms with van der Waals surface area (Å²) in [5.74, 6) is -0.0490. The average Bonchev–Trinajstić information content (AvgIpc) is 2.36. The van der Waals surface area contributed by atoms with Crippen LogP contribution in [0, 0.1) is 0 Å². The van der Waals surface area contributed by atoms with Gasteiger partial charge in [-0.2, -0.15) is 0 Å². The quantitative estimate of drug-likeness (QED) is 0.596. The van der Waals surface area contributed by atoms with Gasteiger partial charge in [0.15, 0.2) is 0 Å². The second kappa shape index (κ2) is 7.13. The first-order valence-corrected chi connectivity index (χ1v) is 6.09. The van der Waals surface area contributed by atoms with Gasteiger partial charge in [-0.05, 0) is 0 Å². The minimum Gasteiger partial charge on any atom is -0.352 e. The third kappa shape index (κ3) is 4.12. The molecule has 102 valence electrons. The molecular weight excluding hydrogens is 232 g/mol. The van der Waals surface area contributed by atoms with Gasteiger partial charge in [0.05, 0.1) is 6.54 Å². The number of nitrogens with one attached hydrogen (secondary N) is 2. The molecule has 0 spiro atoms. The van der Waals surface area contributed by atoms with Crippen LogP contribution in [0.5, 0.6) is 0 Å². The van der Waals surface area contributed by atoms with Crippen molar-refractivity contribution in [1.29, 1.82) is 0 Å². The van der Waals surface area contributed by atoms with E-state index >= 15 is 0 Å². The van der Waals surface area contributed by atoms with Crippen LogP contribution in [0.25, 0.3) is 0 Å². The van der Waals surface area contributed by atoms with Gasteiger partial charge < -0.3 is 15.5 Å². The molecule has 0 saturated carbocycles. The Morgan fingerprint density at radius 1 is 1.56 bits per heavy atom. The van der Waals surface area contributed by atoms with Crippen LogP contribution in [-0.4, -0.2) is 74.5 Å². The smallest absolute Gasteiger partial charge is 0.240 e. The van der Waals surface area contributed by atoms with Crippen LogP contribution < -0.4 is 10.6 Å². The van der Waals surface area contributed by atoms with Crippen LogP contribution >= 0.6 is 0 Å². The normalized spacial score (nSPS) is 20.2. The zero-order chi connectivity index (χ0) is 13.5. The largest absolute Gasteiger partial charge is 0.352 e. The molecular formula is C12H22N4O2. The molecule has 0 aliphatic carbocycles. The zero-order valence-electron chi connectivity index (χ0n) is 11.1. The van der Waals surface area contributed by atoms with Crippen LogP contribution in [0.3, 0.4) is 0 Å². The molecule has 1 unspecified atom stereocenters. The highest BCUT2D eigenvalue weighted by molar-refractivity contribution is 5.83. The number of amides is 2. The summed E-state index contributed by atoms with van der Waals surface area (Å²) in [6.45, 7) is 6.34. The molecule has 0 aromatic rings. The Morgan fingerprint density at radius 3 is 2.89 bits per heavy atom. The molecule has 1 rings (SSSR count). The molecule has 6 heteroatoms. The van der Waals surface area contributed by atoms with Crippen LogP contribution in [0.2, 0.25) is 0 Å². The van der Waals surface area contributed by atoms with E-state index in [0.29, 0.717) is 19.6 Å². The predicted molar refractivity (Wildman–Crippen MR) is 70.1 cm³/mol. The number of carbonyl (C=O) groups is 2. The molecule has 18 heavy (non-hydrogen) atoms. The maximum Gasteiger partial charge on any atom is 0.240 e. The van der Waals surface area contributed by atoms with Gasteiger partial charge in [0.1, 0.15) is 6.04 Å². The molecule has 2 N–H and O–H groups in total. The van der Waals surface area contributed by atoms with Crippen molar-refractivity contribution < 1.29 is 9.59 Å². The van der Waals surface area contributed by atoms with Crippen LogP contribution in [-0.2, 0) is 9.59 Å². The number of piperazine rings is 1. The molecule has 0 radical (unpaired) electrons. The summed E-state index contributed by atoms with van der Waals surface area (Å²) in [5.41, 5.74) is 0.